The van der Waals surface area contributed by atoms with Crippen LogP contribution >= 0.6 is 0 Å². The summed E-state index contributed by atoms with van der Waals surface area (Å²) in [6.07, 6.45) is 4.44. The van der Waals surface area contributed by atoms with Gasteiger partial charge in [0.1, 0.15) is 0 Å². The second-order valence-corrected chi connectivity index (χ2v) is 6.25. The van der Waals surface area contributed by atoms with Crippen molar-refractivity contribution in [3.05, 3.63) is 66.2 Å². The van der Waals surface area contributed by atoms with Crippen LogP contribution in [0.3, 0.4) is 0 Å². The van der Waals surface area contributed by atoms with Crippen LogP contribution in [-0.2, 0) is 4.79 Å². The van der Waals surface area contributed by atoms with Crippen LogP contribution in [0.5, 0.6) is 0 Å². The zero-order chi connectivity index (χ0) is 15.9. The van der Waals surface area contributed by atoms with Crippen molar-refractivity contribution in [1.29, 1.82) is 0 Å². The molecule has 2 aromatic carbocycles. The van der Waals surface area contributed by atoms with E-state index in [1.807, 2.05) is 30.3 Å². The maximum Gasteiger partial charge on any atom is 0.239 e. The van der Waals surface area contributed by atoms with Gasteiger partial charge in [-0.1, -0.05) is 48.5 Å². The van der Waals surface area contributed by atoms with Crippen molar-refractivity contribution in [3.8, 4) is 0 Å². The summed E-state index contributed by atoms with van der Waals surface area (Å²) in [7, 11) is 0. The van der Waals surface area contributed by atoms with Gasteiger partial charge in [-0.05, 0) is 49.3 Å². The summed E-state index contributed by atoms with van der Waals surface area (Å²) in [4.78, 5) is 12.1. The smallest absolute Gasteiger partial charge is 0.239 e. The average molecular weight is 308 g/mol. The standard InChI is InChI=1S/C20H24N2O/c23-20(15-21-18-9-5-2-6-10-18)22-19-13-11-17(12-14-19)16-7-3-1-4-8-16/h1-10,17,19,21H,11-15H2,(H,22,23). The van der Waals surface area contributed by atoms with Crippen molar-refractivity contribution in [2.45, 2.75) is 37.6 Å². The lowest BCUT2D eigenvalue weighted by Gasteiger charge is -2.29. The largest absolute Gasteiger partial charge is 0.376 e. The monoisotopic (exact) mass is 308 g/mol. The second-order valence-electron chi connectivity index (χ2n) is 6.25. The van der Waals surface area contributed by atoms with Gasteiger partial charge in [0, 0.05) is 11.7 Å². The molecule has 0 aromatic heterocycles. The molecule has 0 radical (unpaired) electrons. The summed E-state index contributed by atoms with van der Waals surface area (Å²) < 4.78 is 0. The molecule has 2 N–H and O–H groups in total. The molecule has 0 bridgehead atoms. The van der Waals surface area contributed by atoms with E-state index in [-0.39, 0.29) is 5.91 Å². The van der Waals surface area contributed by atoms with Crippen molar-refractivity contribution in [2.24, 2.45) is 0 Å². The Morgan fingerprint density at radius 2 is 1.48 bits per heavy atom. The predicted molar refractivity (Wildman–Crippen MR) is 94.5 cm³/mol. The number of para-hydroxylation sites is 1. The first kappa shape index (κ1) is 15.6. The fourth-order valence-electron chi connectivity index (χ4n) is 3.31. The summed E-state index contributed by atoms with van der Waals surface area (Å²) in [5.74, 6) is 0.726. The Morgan fingerprint density at radius 1 is 0.870 bits per heavy atom. The topological polar surface area (TPSA) is 41.1 Å². The molecule has 1 amide bonds. The predicted octanol–water partition coefficient (Wildman–Crippen LogP) is 3.94. The Labute approximate surface area is 138 Å². The Balaban J connectivity index is 1.41. The van der Waals surface area contributed by atoms with Gasteiger partial charge >= 0.3 is 0 Å². The molecule has 120 valence electrons. The van der Waals surface area contributed by atoms with E-state index in [1.54, 1.807) is 0 Å². The normalized spacial score (nSPS) is 20.7. The number of carbonyl (C=O) groups is 1. The van der Waals surface area contributed by atoms with Crippen molar-refractivity contribution in [2.75, 3.05) is 11.9 Å². The Kier molecular flexibility index (Phi) is 5.30. The van der Waals surface area contributed by atoms with Crippen LogP contribution in [0.4, 0.5) is 5.69 Å². The lowest BCUT2D eigenvalue weighted by Crippen LogP contribution is -2.40. The lowest BCUT2D eigenvalue weighted by atomic mass is 9.82. The van der Waals surface area contributed by atoms with Crippen molar-refractivity contribution >= 4 is 11.6 Å². The number of benzene rings is 2. The molecule has 3 heteroatoms. The molecule has 0 unspecified atom stereocenters. The molecule has 3 nitrogen and oxygen atoms in total. The Morgan fingerprint density at radius 3 is 2.13 bits per heavy atom. The SMILES string of the molecule is O=C(CNc1ccccc1)NC1CCC(c2ccccc2)CC1. The van der Waals surface area contributed by atoms with Crippen molar-refractivity contribution < 1.29 is 4.79 Å². The maximum absolute atomic E-state index is 12.1. The number of hydrogen-bond donors (Lipinski definition) is 2. The molecule has 1 fully saturated rings. The highest BCUT2D eigenvalue weighted by atomic mass is 16.1. The molecule has 1 aliphatic carbocycles. The zero-order valence-corrected chi connectivity index (χ0v) is 13.4. The highest BCUT2D eigenvalue weighted by Crippen LogP contribution is 2.32. The summed E-state index contributed by atoms with van der Waals surface area (Å²) in [6.45, 7) is 0.336. The molecule has 0 saturated heterocycles. The van der Waals surface area contributed by atoms with Crippen LogP contribution in [0.2, 0.25) is 0 Å². The van der Waals surface area contributed by atoms with Gasteiger partial charge in [-0.2, -0.15) is 0 Å². The molecule has 0 aliphatic heterocycles. The van der Waals surface area contributed by atoms with Gasteiger partial charge in [0.2, 0.25) is 5.91 Å². The van der Waals surface area contributed by atoms with E-state index in [1.165, 1.54) is 5.56 Å². The summed E-state index contributed by atoms with van der Waals surface area (Å²) in [5, 5.41) is 6.32. The van der Waals surface area contributed by atoms with E-state index >= 15 is 0 Å². The van der Waals surface area contributed by atoms with Gasteiger partial charge in [0.15, 0.2) is 0 Å². The number of hydrogen-bond acceptors (Lipinski definition) is 2. The Bertz CT molecular complexity index is 604. The molecule has 1 saturated carbocycles. The number of nitrogens with one attached hydrogen (secondary N) is 2. The Hall–Kier alpha value is -2.29. The third kappa shape index (κ3) is 4.59. The van der Waals surface area contributed by atoms with Crippen molar-refractivity contribution in [1.82, 2.24) is 5.32 Å². The summed E-state index contributed by atoms with van der Waals surface area (Å²) >= 11 is 0. The number of anilines is 1. The minimum absolute atomic E-state index is 0.0806. The maximum atomic E-state index is 12.1. The fourth-order valence-corrected chi connectivity index (χ4v) is 3.31. The first-order chi connectivity index (χ1) is 11.3. The van der Waals surface area contributed by atoms with E-state index in [9.17, 15) is 4.79 Å². The second kappa shape index (κ2) is 7.82. The molecule has 0 atom stereocenters. The molecule has 2 aromatic rings. The van der Waals surface area contributed by atoms with Crippen LogP contribution < -0.4 is 10.6 Å². The zero-order valence-electron chi connectivity index (χ0n) is 13.4. The van der Waals surface area contributed by atoms with Gasteiger partial charge in [-0.25, -0.2) is 0 Å². The molecular formula is C20H24N2O. The fraction of sp³-hybridized carbons (Fsp3) is 0.350. The van der Waals surface area contributed by atoms with Crippen LogP contribution in [0, 0.1) is 0 Å². The van der Waals surface area contributed by atoms with Crippen LogP contribution in [0.15, 0.2) is 60.7 Å². The number of carbonyl (C=O) groups excluding carboxylic acids is 1. The van der Waals surface area contributed by atoms with Gasteiger partial charge in [-0.3, -0.25) is 4.79 Å². The van der Waals surface area contributed by atoms with Crippen LogP contribution in [-0.4, -0.2) is 18.5 Å². The van der Waals surface area contributed by atoms with E-state index in [0.717, 1.165) is 31.4 Å². The highest BCUT2D eigenvalue weighted by Gasteiger charge is 2.23. The van der Waals surface area contributed by atoms with Crippen LogP contribution in [0.1, 0.15) is 37.2 Å². The first-order valence-corrected chi connectivity index (χ1v) is 8.44. The lowest BCUT2D eigenvalue weighted by molar-refractivity contribution is -0.120. The van der Waals surface area contributed by atoms with Crippen molar-refractivity contribution in [3.63, 3.8) is 0 Å². The molecular weight excluding hydrogens is 284 g/mol. The molecule has 23 heavy (non-hydrogen) atoms. The third-order valence-corrected chi connectivity index (χ3v) is 4.59. The summed E-state index contributed by atoms with van der Waals surface area (Å²) in [5.41, 5.74) is 2.42. The highest BCUT2D eigenvalue weighted by molar-refractivity contribution is 5.80. The van der Waals surface area contributed by atoms with E-state index in [4.69, 9.17) is 0 Å². The third-order valence-electron chi connectivity index (χ3n) is 4.59. The summed E-state index contributed by atoms with van der Waals surface area (Å²) in [6, 6.07) is 20.9. The van der Waals surface area contributed by atoms with Gasteiger partial charge in [-0.15, -0.1) is 0 Å². The van der Waals surface area contributed by atoms with Crippen LogP contribution in [0.25, 0.3) is 0 Å². The van der Waals surface area contributed by atoms with E-state index in [0.29, 0.717) is 18.5 Å². The molecule has 0 heterocycles. The molecule has 0 spiro atoms. The van der Waals surface area contributed by atoms with Gasteiger partial charge < -0.3 is 10.6 Å². The molecule has 3 rings (SSSR count). The minimum Gasteiger partial charge on any atom is -0.376 e. The first-order valence-electron chi connectivity index (χ1n) is 8.44. The number of rotatable bonds is 5. The molecule has 1 aliphatic rings. The number of amides is 1. The minimum atomic E-state index is 0.0806. The van der Waals surface area contributed by atoms with E-state index in [2.05, 4.69) is 41.0 Å². The average Bonchev–Trinajstić information content (AvgIpc) is 2.62. The van der Waals surface area contributed by atoms with Gasteiger partial charge in [0.05, 0.1) is 6.54 Å². The van der Waals surface area contributed by atoms with E-state index < -0.39 is 0 Å². The quantitative estimate of drug-likeness (QED) is 0.878. The van der Waals surface area contributed by atoms with Gasteiger partial charge in [0.25, 0.3) is 0 Å².